The molecule has 0 fully saturated rings. The molecule has 2 N–H and O–H groups in total. The van der Waals surface area contributed by atoms with Crippen molar-refractivity contribution in [2.45, 2.75) is 44.0 Å². The molecule has 19 heavy (non-hydrogen) atoms. The first-order chi connectivity index (χ1) is 9.15. The number of carbonyl (C=O) groups excluding carboxylic acids is 1. The first kappa shape index (κ1) is 15.8. The topological polar surface area (TPSA) is 66.8 Å². The monoisotopic (exact) mass is 266 g/mol. The van der Waals surface area contributed by atoms with Crippen molar-refractivity contribution < 1.29 is 19.7 Å². The highest BCUT2D eigenvalue weighted by Gasteiger charge is 2.22. The van der Waals surface area contributed by atoms with Gasteiger partial charge in [0.2, 0.25) is 0 Å². The third-order valence-corrected chi connectivity index (χ3v) is 3.03. The van der Waals surface area contributed by atoms with Crippen molar-refractivity contribution in [1.29, 1.82) is 0 Å². The summed E-state index contributed by atoms with van der Waals surface area (Å²) >= 11 is 0. The summed E-state index contributed by atoms with van der Waals surface area (Å²) in [4.78, 5) is 11.4. The normalized spacial score (nSPS) is 35.3. The van der Waals surface area contributed by atoms with Gasteiger partial charge < -0.3 is 14.9 Å². The predicted molar refractivity (Wildman–Crippen MR) is 73.7 cm³/mol. The highest BCUT2D eigenvalue weighted by atomic mass is 16.5. The lowest BCUT2D eigenvalue weighted by Crippen LogP contribution is -2.36. The van der Waals surface area contributed by atoms with Gasteiger partial charge in [0.1, 0.15) is 18.3 Å². The maximum absolute atomic E-state index is 11.4. The van der Waals surface area contributed by atoms with E-state index in [-0.39, 0.29) is 5.78 Å². The average Bonchev–Trinajstić information content (AvgIpc) is 2.41. The minimum absolute atomic E-state index is 0.0792. The number of allylic oxidation sites excluding steroid dienone is 4. The molecular weight excluding hydrogens is 244 g/mol. The van der Waals surface area contributed by atoms with Crippen LogP contribution in [0.15, 0.2) is 36.5 Å². The van der Waals surface area contributed by atoms with Crippen LogP contribution in [0.25, 0.3) is 0 Å². The van der Waals surface area contributed by atoms with E-state index in [1.54, 1.807) is 18.2 Å². The molecule has 0 aliphatic heterocycles. The molecule has 3 atom stereocenters. The van der Waals surface area contributed by atoms with Crippen LogP contribution in [0.1, 0.15) is 25.7 Å². The molecule has 1 rings (SSSR count). The lowest BCUT2D eigenvalue weighted by atomic mass is 10.0. The second kappa shape index (κ2) is 8.80. The Bertz CT molecular complexity index is 357. The van der Waals surface area contributed by atoms with Crippen LogP contribution in [0.5, 0.6) is 0 Å². The first-order valence-corrected chi connectivity index (χ1v) is 6.58. The fourth-order valence-corrected chi connectivity index (χ4v) is 1.86. The molecule has 1 aliphatic carbocycles. The molecule has 0 heterocycles. The molecule has 0 aromatic carbocycles. The molecular formula is C15H22O4. The Balaban J connectivity index is 2.76. The van der Waals surface area contributed by atoms with Crippen molar-refractivity contribution >= 4 is 5.78 Å². The van der Waals surface area contributed by atoms with Crippen molar-refractivity contribution in [2.75, 3.05) is 7.11 Å². The fraction of sp³-hybridized carbons (Fsp3) is 0.533. The summed E-state index contributed by atoms with van der Waals surface area (Å²) in [6.07, 6.45) is 10.3. The molecule has 0 aromatic rings. The highest BCUT2D eigenvalue weighted by molar-refractivity contribution is 5.89. The van der Waals surface area contributed by atoms with Crippen molar-refractivity contribution in [3.63, 3.8) is 0 Å². The van der Waals surface area contributed by atoms with Crippen LogP contribution in [-0.2, 0) is 9.53 Å². The van der Waals surface area contributed by atoms with Gasteiger partial charge in [-0.3, -0.25) is 4.79 Å². The van der Waals surface area contributed by atoms with Crippen LogP contribution >= 0.6 is 0 Å². The lowest BCUT2D eigenvalue weighted by molar-refractivity contribution is -0.114. The zero-order valence-electron chi connectivity index (χ0n) is 11.2. The molecule has 0 saturated carbocycles. The van der Waals surface area contributed by atoms with E-state index in [1.807, 2.05) is 6.08 Å². The van der Waals surface area contributed by atoms with Crippen molar-refractivity contribution in [3.05, 3.63) is 36.5 Å². The van der Waals surface area contributed by atoms with E-state index in [0.717, 1.165) is 19.3 Å². The van der Waals surface area contributed by atoms with Gasteiger partial charge in [-0.2, -0.15) is 0 Å². The molecule has 1 aliphatic rings. The Hall–Kier alpha value is -1.23. The third kappa shape index (κ3) is 5.96. The number of aliphatic hydroxyl groups excluding tert-OH is 2. The van der Waals surface area contributed by atoms with E-state index in [1.165, 1.54) is 19.3 Å². The lowest BCUT2D eigenvalue weighted by Gasteiger charge is -2.21. The van der Waals surface area contributed by atoms with Crippen LogP contribution in [0.3, 0.4) is 0 Å². The summed E-state index contributed by atoms with van der Waals surface area (Å²) in [6.45, 7) is 0. The van der Waals surface area contributed by atoms with Crippen LogP contribution in [0, 0.1) is 0 Å². The number of methoxy groups -OCH3 is 1. The SMILES string of the molecule is CO[C@H]1/C=C/CCCCC(=O)/C=C/C=C\[C@H](O)[C@@H]1O. The molecule has 0 radical (unpaired) electrons. The second-order valence-electron chi connectivity index (χ2n) is 4.57. The molecule has 0 amide bonds. The highest BCUT2D eigenvalue weighted by Crippen LogP contribution is 2.10. The van der Waals surface area contributed by atoms with E-state index in [4.69, 9.17) is 4.74 Å². The second-order valence-corrected chi connectivity index (χ2v) is 4.57. The van der Waals surface area contributed by atoms with Gasteiger partial charge in [-0.1, -0.05) is 30.4 Å². The minimum Gasteiger partial charge on any atom is -0.387 e. The van der Waals surface area contributed by atoms with Crippen molar-refractivity contribution in [1.82, 2.24) is 0 Å². The van der Waals surface area contributed by atoms with E-state index in [9.17, 15) is 15.0 Å². The summed E-state index contributed by atoms with van der Waals surface area (Å²) in [5, 5.41) is 19.7. The van der Waals surface area contributed by atoms with Crippen molar-refractivity contribution in [3.8, 4) is 0 Å². The van der Waals surface area contributed by atoms with Crippen LogP contribution in [0.2, 0.25) is 0 Å². The molecule has 0 aromatic heterocycles. The van der Waals surface area contributed by atoms with Crippen LogP contribution in [-0.4, -0.2) is 41.4 Å². The smallest absolute Gasteiger partial charge is 0.155 e. The van der Waals surface area contributed by atoms with Gasteiger partial charge in [0.25, 0.3) is 0 Å². The minimum atomic E-state index is -1.03. The molecule has 0 bridgehead atoms. The van der Waals surface area contributed by atoms with Crippen LogP contribution < -0.4 is 0 Å². The third-order valence-electron chi connectivity index (χ3n) is 3.03. The summed E-state index contributed by atoms with van der Waals surface area (Å²) < 4.78 is 5.15. The maximum atomic E-state index is 11.4. The molecule has 4 heteroatoms. The number of carbonyl (C=O) groups is 1. The van der Waals surface area contributed by atoms with Crippen molar-refractivity contribution in [2.24, 2.45) is 0 Å². The number of aliphatic hydroxyl groups is 2. The number of ether oxygens (including phenoxy) is 1. The van der Waals surface area contributed by atoms with Gasteiger partial charge in [0.15, 0.2) is 5.78 Å². The summed E-state index contributed by atoms with van der Waals surface area (Å²) in [7, 11) is 1.50. The van der Waals surface area contributed by atoms with E-state index >= 15 is 0 Å². The molecule has 0 saturated heterocycles. The zero-order valence-corrected chi connectivity index (χ0v) is 11.2. The van der Waals surface area contributed by atoms with E-state index < -0.39 is 18.3 Å². The first-order valence-electron chi connectivity index (χ1n) is 6.58. The Morgan fingerprint density at radius 3 is 2.74 bits per heavy atom. The average molecular weight is 266 g/mol. The van der Waals surface area contributed by atoms with E-state index in [2.05, 4.69) is 0 Å². The molecule has 106 valence electrons. The number of hydrogen-bond acceptors (Lipinski definition) is 4. The Kier molecular flexibility index (Phi) is 7.33. The van der Waals surface area contributed by atoms with Gasteiger partial charge in [-0.25, -0.2) is 0 Å². The predicted octanol–water partition coefficient (Wildman–Crippen LogP) is 1.53. The number of rotatable bonds is 1. The Morgan fingerprint density at radius 1 is 1.21 bits per heavy atom. The largest absolute Gasteiger partial charge is 0.387 e. The summed E-state index contributed by atoms with van der Waals surface area (Å²) in [5.41, 5.74) is 0. The number of ketones is 1. The fourth-order valence-electron chi connectivity index (χ4n) is 1.86. The Labute approximate surface area is 114 Å². The Morgan fingerprint density at radius 2 is 2.00 bits per heavy atom. The molecule has 4 nitrogen and oxygen atoms in total. The zero-order chi connectivity index (χ0) is 14.1. The maximum Gasteiger partial charge on any atom is 0.155 e. The molecule has 0 spiro atoms. The standard InChI is InChI=1S/C15H22O4/c1-19-14-11-5-3-2-4-8-12(16)9-6-7-10-13(17)15(14)18/h5-7,9-11,13-15,17-18H,2-4,8H2,1H3/b9-6+,10-7-,11-5+/t13-,14-,15-/m0/s1. The number of hydrogen-bond donors (Lipinski definition) is 2. The summed E-state index contributed by atoms with van der Waals surface area (Å²) in [5.74, 6) is 0.0792. The van der Waals surface area contributed by atoms with Gasteiger partial charge in [-0.15, -0.1) is 0 Å². The van der Waals surface area contributed by atoms with Gasteiger partial charge in [0, 0.05) is 13.5 Å². The summed E-state index contributed by atoms with van der Waals surface area (Å²) in [6, 6.07) is 0. The molecule has 0 unspecified atom stereocenters. The van der Waals surface area contributed by atoms with Crippen LogP contribution in [0.4, 0.5) is 0 Å². The van der Waals surface area contributed by atoms with Gasteiger partial charge >= 0.3 is 0 Å². The van der Waals surface area contributed by atoms with Gasteiger partial charge in [-0.05, 0) is 25.3 Å². The quantitative estimate of drug-likeness (QED) is 0.706. The van der Waals surface area contributed by atoms with E-state index in [0.29, 0.717) is 6.42 Å². The van der Waals surface area contributed by atoms with Gasteiger partial charge in [0.05, 0.1) is 0 Å².